The maximum atomic E-state index is 13.0. The quantitative estimate of drug-likeness (QED) is 0.422. The zero-order chi connectivity index (χ0) is 23.8. The van der Waals surface area contributed by atoms with Crippen molar-refractivity contribution in [2.24, 2.45) is 5.92 Å². The maximum Gasteiger partial charge on any atom is 0.290 e. The van der Waals surface area contributed by atoms with Crippen LogP contribution in [0.25, 0.3) is 5.65 Å². The summed E-state index contributed by atoms with van der Waals surface area (Å²) in [6.45, 7) is 0.899. The molecule has 174 valence electrons. The number of likely N-dealkylation sites (tertiary alicyclic amines) is 1. The highest BCUT2D eigenvalue weighted by Gasteiger charge is 2.36. The van der Waals surface area contributed by atoms with Gasteiger partial charge in [0, 0.05) is 44.4 Å². The van der Waals surface area contributed by atoms with Gasteiger partial charge in [-0.1, -0.05) is 6.07 Å². The van der Waals surface area contributed by atoms with Gasteiger partial charge in [-0.25, -0.2) is 4.98 Å². The monoisotopic (exact) mass is 456 g/mol. The number of pyridine rings is 1. The molecule has 3 aromatic rings. The van der Waals surface area contributed by atoms with E-state index < -0.39 is 23.5 Å². The van der Waals surface area contributed by atoms with Gasteiger partial charge in [0.2, 0.25) is 5.91 Å². The number of carboxylic acid groups (broad SMARTS) is 1. The van der Waals surface area contributed by atoms with Gasteiger partial charge in [0.25, 0.3) is 17.9 Å². The number of aromatic nitrogens is 4. The highest BCUT2D eigenvalue weighted by molar-refractivity contribution is 5.94. The van der Waals surface area contributed by atoms with Gasteiger partial charge in [-0.15, -0.1) is 0 Å². The van der Waals surface area contributed by atoms with Gasteiger partial charge in [0.1, 0.15) is 11.2 Å². The molecule has 1 aliphatic heterocycles. The molecule has 0 aromatic carbocycles. The van der Waals surface area contributed by atoms with E-state index in [9.17, 15) is 19.5 Å². The number of rotatable bonds is 5. The van der Waals surface area contributed by atoms with Crippen molar-refractivity contribution in [3.8, 4) is 0 Å². The first-order valence-electron chi connectivity index (χ1n) is 10.2. The Kier molecular flexibility index (Phi) is 7.86. The third-order valence-electron chi connectivity index (χ3n) is 5.24. The minimum Gasteiger partial charge on any atom is -0.483 e. The molecule has 1 fully saturated rings. The van der Waals surface area contributed by atoms with Crippen LogP contribution in [0.1, 0.15) is 16.8 Å². The normalized spacial score (nSPS) is 17.7. The number of carbonyl (C=O) groups is 3. The number of piperidine rings is 1. The number of nitrogens with zero attached hydrogens (tertiary/aromatic N) is 5. The number of amides is 2. The molecular weight excluding hydrogens is 432 g/mol. The lowest BCUT2D eigenvalue weighted by Gasteiger charge is -2.35. The lowest BCUT2D eigenvalue weighted by Crippen LogP contribution is -2.52. The minimum atomic E-state index is -0.852. The van der Waals surface area contributed by atoms with Crippen LogP contribution < -0.4 is 10.9 Å². The molecule has 2 amide bonds. The molecule has 0 unspecified atom stereocenters. The SMILES string of the molecule is O=C(NCCn1cccn1)[C@H]1CN(C(=O)c2cnc3ccccn3c2=O)CC[C@H]1O.O=CO. The van der Waals surface area contributed by atoms with Crippen LogP contribution in [-0.4, -0.2) is 78.3 Å². The molecule has 0 bridgehead atoms. The number of hydrogen-bond donors (Lipinski definition) is 3. The summed E-state index contributed by atoms with van der Waals surface area (Å²) in [4.78, 5) is 52.2. The van der Waals surface area contributed by atoms with E-state index in [0.717, 1.165) is 0 Å². The zero-order valence-electron chi connectivity index (χ0n) is 17.6. The molecule has 0 saturated carbocycles. The highest BCUT2D eigenvalue weighted by atomic mass is 16.3. The van der Waals surface area contributed by atoms with Gasteiger partial charge < -0.3 is 20.4 Å². The third-order valence-corrected chi connectivity index (χ3v) is 5.24. The average molecular weight is 456 g/mol. The number of carbonyl (C=O) groups excluding carboxylic acids is 2. The summed E-state index contributed by atoms with van der Waals surface area (Å²) in [5.74, 6) is -1.59. The first-order valence-corrected chi connectivity index (χ1v) is 10.2. The molecule has 33 heavy (non-hydrogen) atoms. The molecule has 3 aromatic heterocycles. The van der Waals surface area contributed by atoms with Crippen LogP contribution in [0, 0.1) is 5.92 Å². The molecule has 0 spiro atoms. The molecule has 4 rings (SSSR count). The number of aliphatic hydroxyl groups excluding tert-OH is 1. The van der Waals surface area contributed by atoms with Crippen molar-refractivity contribution in [1.82, 2.24) is 29.4 Å². The molecular formula is C21H24N6O6. The summed E-state index contributed by atoms with van der Waals surface area (Å²) in [6, 6.07) is 6.91. The summed E-state index contributed by atoms with van der Waals surface area (Å²) in [6.07, 6.45) is 5.67. The molecule has 1 aliphatic rings. The second-order valence-electron chi connectivity index (χ2n) is 7.29. The Morgan fingerprint density at radius 3 is 2.76 bits per heavy atom. The Labute approximate surface area is 188 Å². The smallest absolute Gasteiger partial charge is 0.290 e. The van der Waals surface area contributed by atoms with Crippen LogP contribution in [0.5, 0.6) is 0 Å². The summed E-state index contributed by atoms with van der Waals surface area (Å²) in [7, 11) is 0. The van der Waals surface area contributed by atoms with E-state index >= 15 is 0 Å². The third kappa shape index (κ3) is 5.60. The van der Waals surface area contributed by atoms with Gasteiger partial charge in [0.05, 0.1) is 18.6 Å². The average Bonchev–Trinajstić information content (AvgIpc) is 3.33. The number of hydrogen-bond acceptors (Lipinski definition) is 7. The van der Waals surface area contributed by atoms with E-state index in [4.69, 9.17) is 9.90 Å². The molecule has 2 atom stereocenters. The van der Waals surface area contributed by atoms with E-state index in [1.165, 1.54) is 15.5 Å². The minimum absolute atomic E-state index is 0.0323. The van der Waals surface area contributed by atoms with Crippen molar-refractivity contribution < 1.29 is 24.6 Å². The zero-order valence-corrected chi connectivity index (χ0v) is 17.6. The molecule has 4 heterocycles. The van der Waals surface area contributed by atoms with E-state index in [1.54, 1.807) is 47.5 Å². The Hall–Kier alpha value is -4.06. The van der Waals surface area contributed by atoms with Gasteiger partial charge >= 0.3 is 0 Å². The van der Waals surface area contributed by atoms with E-state index in [0.29, 0.717) is 18.7 Å². The first-order chi connectivity index (χ1) is 16.0. The highest BCUT2D eigenvalue weighted by Crippen LogP contribution is 2.19. The number of fused-ring (bicyclic) bond motifs is 1. The predicted octanol–water partition coefficient (Wildman–Crippen LogP) is -0.769. The van der Waals surface area contributed by atoms with E-state index in [-0.39, 0.29) is 37.5 Å². The molecule has 0 aliphatic carbocycles. The van der Waals surface area contributed by atoms with E-state index in [2.05, 4.69) is 15.4 Å². The second kappa shape index (κ2) is 11.0. The molecule has 1 saturated heterocycles. The summed E-state index contributed by atoms with van der Waals surface area (Å²) < 4.78 is 3.00. The van der Waals surface area contributed by atoms with E-state index in [1.807, 2.05) is 0 Å². The number of aliphatic hydroxyl groups is 1. The molecule has 0 radical (unpaired) electrons. The summed E-state index contributed by atoms with van der Waals surface area (Å²) in [5, 5.41) is 24.0. The Morgan fingerprint density at radius 2 is 2.03 bits per heavy atom. The van der Waals surface area contributed by atoms with Gasteiger partial charge in [-0.3, -0.25) is 28.3 Å². The molecule has 3 N–H and O–H groups in total. The van der Waals surface area contributed by atoms with Crippen LogP contribution in [0.15, 0.2) is 53.8 Å². The van der Waals surface area contributed by atoms with Crippen LogP contribution in [-0.2, 0) is 16.1 Å². The van der Waals surface area contributed by atoms with Crippen LogP contribution in [0.2, 0.25) is 0 Å². The Bertz CT molecular complexity index is 1160. The Morgan fingerprint density at radius 1 is 1.24 bits per heavy atom. The van der Waals surface area contributed by atoms with Crippen molar-refractivity contribution in [3.63, 3.8) is 0 Å². The summed E-state index contributed by atoms with van der Waals surface area (Å²) >= 11 is 0. The fourth-order valence-corrected chi connectivity index (χ4v) is 3.58. The van der Waals surface area contributed by atoms with Crippen molar-refractivity contribution in [1.29, 1.82) is 0 Å². The van der Waals surface area contributed by atoms with Crippen LogP contribution in [0.4, 0.5) is 0 Å². The molecule has 12 nitrogen and oxygen atoms in total. The second-order valence-corrected chi connectivity index (χ2v) is 7.29. The standard InChI is InChI=1S/C20H22N6O4.CH2O2/c27-16-5-10-24(13-15(16)18(28)21-7-11-25-8-3-6-23-25)19(29)14-12-22-17-4-1-2-9-26(17)20(14)30;2-1-3/h1-4,6,8-9,12,15-16,27H,5,7,10-11,13H2,(H,21,28);1H,(H,2,3)/t15-,16+;/m0./s1. The topological polar surface area (TPSA) is 159 Å². The predicted molar refractivity (Wildman–Crippen MR) is 115 cm³/mol. The van der Waals surface area contributed by atoms with Crippen molar-refractivity contribution >= 4 is 23.9 Å². The lowest BCUT2D eigenvalue weighted by atomic mass is 9.93. The van der Waals surface area contributed by atoms with Gasteiger partial charge in [-0.2, -0.15) is 5.10 Å². The summed E-state index contributed by atoms with van der Waals surface area (Å²) in [5.41, 5.74) is -0.0765. The van der Waals surface area contributed by atoms with Crippen molar-refractivity contribution in [2.45, 2.75) is 19.1 Å². The first kappa shape index (κ1) is 23.6. The lowest BCUT2D eigenvalue weighted by molar-refractivity contribution is -0.131. The fourth-order valence-electron chi connectivity index (χ4n) is 3.58. The van der Waals surface area contributed by atoms with Crippen molar-refractivity contribution in [3.05, 3.63) is 65.0 Å². The number of nitrogens with one attached hydrogen (secondary N) is 1. The Balaban J connectivity index is 0.000000968. The van der Waals surface area contributed by atoms with Crippen molar-refractivity contribution in [2.75, 3.05) is 19.6 Å². The van der Waals surface area contributed by atoms with Gasteiger partial charge in [-0.05, 0) is 24.6 Å². The van der Waals surface area contributed by atoms with Crippen LogP contribution in [0.3, 0.4) is 0 Å². The fraction of sp³-hybridized carbons (Fsp3) is 0.333. The van der Waals surface area contributed by atoms with Gasteiger partial charge in [0.15, 0.2) is 0 Å². The largest absolute Gasteiger partial charge is 0.483 e. The van der Waals surface area contributed by atoms with Crippen LogP contribution >= 0.6 is 0 Å². The maximum absolute atomic E-state index is 13.0. The molecule has 12 heteroatoms.